The predicted octanol–water partition coefficient (Wildman–Crippen LogP) is 6.93. The maximum Gasteiger partial charge on any atom is 0.387 e. The first-order valence-corrected chi connectivity index (χ1v) is 12.5. The van der Waals surface area contributed by atoms with Crippen molar-refractivity contribution in [3.8, 4) is 17.1 Å². The minimum atomic E-state index is -2.89. The molecule has 0 bridgehead atoms. The second kappa shape index (κ2) is 10.3. The molecule has 0 atom stereocenters. The summed E-state index contributed by atoms with van der Waals surface area (Å²) in [5.74, 6) is 0.937. The largest absolute Gasteiger partial charge is 0.435 e. The number of Topliss-reactive ketones (excluding diaryl/α,β-unsaturated/α-hetero) is 1. The Bertz CT molecular complexity index is 1120. The Labute approximate surface area is 202 Å². The van der Waals surface area contributed by atoms with Crippen LogP contribution in [0.1, 0.15) is 68.4 Å². The van der Waals surface area contributed by atoms with E-state index in [1.807, 2.05) is 0 Å². The molecule has 8 heteroatoms. The highest BCUT2D eigenvalue weighted by Crippen LogP contribution is 2.37. The number of thioether (sulfide) groups is 1. The summed E-state index contributed by atoms with van der Waals surface area (Å²) in [6, 6.07) is 14.6. The van der Waals surface area contributed by atoms with Crippen LogP contribution < -0.4 is 4.74 Å². The van der Waals surface area contributed by atoms with Gasteiger partial charge in [0.15, 0.2) is 16.8 Å². The van der Waals surface area contributed by atoms with Gasteiger partial charge in [0, 0.05) is 17.2 Å². The molecule has 0 radical (unpaired) electrons. The van der Waals surface area contributed by atoms with E-state index >= 15 is 0 Å². The Kier molecular flexibility index (Phi) is 7.36. The molecule has 0 amide bonds. The van der Waals surface area contributed by atoms with Crippen molar-refractivity contribution in [2.45, 2.75) is 69.7 Å². The SMILES string of the molecule is CC(C)(C)c1ccc(-c2nnc(SCC(=O)c3ccc(OC(F)F)cc3)n2C2CCCC2)cc1. The van der Waals surface area contributed by atoms with Gasteiger partial charge in [-0.05, 0) is 48.1 Å². The maximum absolute atomic E-state index is 12.7. The second-order valence-electron chi connectivity index (χ2n) is 9.56. The van der Waals surface area contributed by atoms with Crippen molar-refractivity contribution in [1.29, 1.82) is 0 Å². The number of alkyl halides is 2. The second-order valence-corrected chi connectivity index (χ2v) is 10.5. The van der Waals surface area contributed by atoms with Gasteiger partial charge in [0.05, 0.1) is 5.75 Å². The van der Waals surface area contributed by atoms with E-state index in [1.54, 1.807) is 0 Å². The highest BCUT2D eigenvalue weighted by molar-refractivity contribution is 7.99. The average molecular weight is 486 g/mol. The zero-order valence-electron chi connectivity index (χ0n) is 19.6. The van der Waals surface area contributed by atoms with E-state index in [4.69, 9.17) is 0 Å². The van der Waals surface area contributed by atoms with Crippen LogP contribution in [-0.2, 0) is 5.41 Å². The monoisotopic (exact) mass is 485 g/mol. The van der Waals surface area contributed by atoms with Crippen LogP contribution in [0.15, 0.2) is 53.7 Å². The van der Waals surface area contributed by atoms with Crippen LogP contribution in [0.4, 0.5) is 8.78 Å². The molecule has 5 nitrogen and oxygen atoms in total. The van der Waals surface area contributed by atoms with Gasteiger partial charge in [-0.2, -0.15) is 8.78 Å². The number of ketones is 1. The van der Waals surface area contributed by atoms with Crippen molar-refractivity contribution in [3.63, 3.8) is 0 Å². The molecule has 1 aliphatic rings. The van der Waals surface area contributed by atoms with Gasteiger partial charge < -0.3 is 4.74 Å². The van der Waals surface area contributed by atoms with E-state index < -0.39 is 6.61 Å². The van der Waals surface area contributed by atoms with Crippen LogP contribution in [0.25, 0.3) is 11.4 Å². The smallest absolute Gasteiger partial charge is 0.387 e. The summed E-state index contributed by atoms with van der Waals surface area (Å²) < 4.78 is 31.2. The molecule has 0 aliphatic heterocycles. The molecule has 4 rings (SSSR count). The normalized spacial score (nSPS) is 14.6. The number of ether oxygens (including phenoxy) is 1. The van der Waals surface area contributed by atoms with Crippen molar-refractivity contribution < 1.29 is 18.3 Å². The van der Waals surface area contributed by atoms with Gasteiger partial charge in [0.25, 0.3) is 0 Å². The molecule has 3 aromatic rings. The van der Waals surface area contributed by atoms with Gasteiger partial charge >= 0.3 is 6.61 Å². The molecule has 1 aliphatic carbocycles. The van der Waals surface area contributed by atoms with E-state index in [1.165, 1.54) is 54.4 Å². The van der Waals surface area contributed by atoms with Crippen LogP contribution in [-0.4, -0.2) is 32.9 Å². The Hall–Kier alpha value is -2.74. The summed E-state index contributed by atoms with van der Waals surface area (Å²) in [7, 11) is 0. The molecule has 0 saturated heterocycles. The summed E-state index contributed by atoms with van der Waals surface area (Å²) >= 11 is 1.36. The first kappa shape index (κ1) is 24.4. The lowest BCUT2D eigenvalue weighted by atomic mass is 9.86. The highest BCUT2D eigenvalue weighted by atomic mass is 32.2. The molecular formula is C26H29F2N3O2S. The van der Waals surface area contributed by atoms with Gasteiger partial charge in [0.2, 0.25) is 0 Å². The lowest BCUT2D eigenvalue weighted by Crippen LogP contribution is -2.11. The summed E-state index contributed by atoms with van der Waals surface area (Å²) in [5, 5.41) is 9.68. The third-order valence-electron chi connectivity index (χ3n) is 6.10. The van der Waals surface area contributed by atoms with Crippen LogP contribution in [0.2, 0.25) is 0 Å². The van der Waals surface area contributed by atoms with Gasteiger partial charge in [-0.1, -0.05) is 69.6 Å². The maximum atomic E-state index is 12.7. The minimum Gasteiger partial charge on any atom is -0.435 e. The number of nitrogens with zero attached hydrogens (tertiary/aromatic N) is 3. The topological polar surface area (TPSA) is 57.0 Å². The number of rotatable bonds is 8. The molecule has 2 aromatic carbocycles. The number of hydrogen-bond donors (Lipinski definition) is 0. The number of halogens is 2. The Balaban J connectivity index is 1.53. The van der Waals surface area contributed by atoms with Gasteiger partial charge in [-0.3, -0.25) is 9.36 Å². The van der Waals surface area contributed by atoms with Gasteiger partial charge in [-0.15, -0.1) is 10.2 Å². The first-order chi connectivity index (χ1) is 16.2. The van der Waals surface area contributed by atoms with Crippen molar-refractivity contribution in [3.05, 3.63) is 59.7 Å². The highest BCUT2D eigenvalue weighted by Gasteiger charge is 2.26. The number of aromatic nitrogens is 3. The fourth-order valence-electron chi connectivity index (χ4n) is 4.22. The van der Waals surface area contributed by atoms with Crippen molar-refractivity contribution in [1.82, 2.24) is 14.8 Å². The molecule has 1 heterocycles. The fraction of sp³-hybridized carbons (Fsp3) is 0.423. The molecule has 1 aromatic heterocycles. The summed E-state index contributed by atoms with van der Waals surface area (Å²) in [6.45, 7) is 3.68. The molecule has 1 saturated carbocycles. The summed E-state index contributed by atoms with van der Waals surface area (Å²) in [4.78, 5) is 12.7. The van der Waals surface area contributed by atoms with E-state index in [0.717, 1.165) is 29.4 Å². The molecule has 0 N–H and O–H groups in total. The van der Waals surface area contributed by atoms with Crippen LogP contribution in [0.3, 0.4) is 0 Å². The third-order valence-corrected chi connectivity index (χ3v) is 7.04. The number of carbonyl (C=O) groups excluding carboxylic acids is 1. The number of benzene rings is 2. The van der Waals surface area contributed by atoms with Gasteiger partial charge in [-0.25, -0.2) is 0 Å². The zero-order valence-corrected chi connectivity index (χ0v) is 20.4. The lowest BCUT2D eigenvalue weighted by Gasteiger charge is -2.20. The lowest BCUT2D eigenvalue weighted by molar-refractivity contribution is -0.0498. The molecule has 34 heavy (non-hydrogen) atoms. The molecule has 180 valence electrons. The third kappa shape index (κ3) is 5.66. The Morgan fingerprint density at radius 2 is 1.71 bits per heavy atom. The van der Waals surface area contributed by atoms with Crippen molar-refractivity contribution >= 4 is 17.5 Å². The standard InChI is InChI=1S/C26H29F2N3O2S/c1-26(2,3)19-12-8-18(9-13-19)23-29-30-25(31(23)20-6-4-5-7-20)34-16-22(32)17-10-14-21(15-11-17)33-24(27)28/h8-15,20,24H,4-7,16H2,1-3H3. The minimum absolute atomic E-state index is 0.0299. The molecule has 0 unspecified atom stereocenters. The molecule has 1 fully saturated rings. The molecule has 0 spiro atoms. The van der Waals surface area contributed by atoms with Crippen molar-refractivity contribution in [2.75, 3.05) is 5.75 Å². The number of carbonyl (C=O) groups is 1. The van der Waals surface area contributed by atoms with Crippen LogP contribution >= 0.6 is 11.8 Å². The first-order valence-electron chi connectivity index (χ1n) is 11.5. The van der Waals surface area contributed by atoms with Crippen molar-refractivity contribution in [2.24, 2.45) is 0 Å². The fourth-order valence-corrected chi connectivity index (χ4v) is 5.12. The van der Waals surface area contributed by atoms with E-state index in [2.05, 4.69) is 64.5 Å². The van der Waals surface area contributed by atoms with E-state index in [9.17, 15) is 13.6 Å². The Morgan fingerprint density at radius 1 is 1.06 bits per heavy atom. The predicted molar refractivity (Wildman–Crippen MR) is 130 cm³/mol. The van der Waals surface area contributed by atoms with E-state index in [-0.39, 0.29) is 22.7 Å². The molecular weight excluding hydrogens is 456 g/mol. The quantitative estimate of drug-likeness (QED) is 0.256. The Morgan fingerprint density at radius 3 is 2.29 bits per heavy atom. The van der Waals surface area contributed by atoms with Gasteiger partial charge in [0.1, 0.15) is 5.75 Å². The van der Waals surface area contributed by atoms with Crippen LogP contribution in [0, 0.1) is 0 Å². The number of hydrogen-bond acceptors (Lipinski definition) is 5. The van der Waals surface area contributed by atoms with Crippen LogP contribution in [0.5, 0.6) is 5.75 Å². The van der Waals surface area contributed by atoms with E-state index in [0.29, 0.717) is 11.6 Å². The zero-order chi connectivity index (χ0) is 24.3. The average Bonchev–Trinajstić information content (AvgIpc) is 3.47. The summed E-state index contributed by atoms with van der Waals surface area (Å²) in [6.07, 6.45) is 4.47. The summed E-state index contributed by atoms with van der Waals surface area (Å²) in [5.41, 5.74) is 2.79.